The number of nitrogens with zero attached hydrogens (tertiary/aromatic N) is 1. The maximum absolute atomic E-state index is 9.44. The van der Waals surface area contributed by atoms with Crippen LogP contribution in [0.5, 0.6) is 0 Å². The molecule has 7 unspecified atom stereocenters. The van der Waals surface area contributed by atoms with Crippen LogP contribution in [-0.4, -0.2) is 24.1 Å². The maximum Gasteiger partial charge on any atom is 0.0632 e. The second-order valence-corrected chi connectivity index (χ2v) is 9.34. The van der Waals surface area contributed by atoms with Crippen LogP contribution in [0, 0.1) is 34.5 Å². The Bertz CT molecular complexity index is 504. The molecule has 0 aromatic carbocycles. The Morgan fingerprint density at radius 2 is 1.83 bits per heavy atom. The molecule has 4 aliphatic carbocycles. The van der Waals surface area contributed by atoms with E-state index in [2.05, 4.69) is 19.0 Å². The highest BCUT2D eigenvalue weighted by Gasteiger charge is 2.59. The number of hydrogen-bond donors (Lipinski definition) is 1. The fourth-order valence-electron chi connectivity index (χ4n) is 7.46. The Labute approximate surface area is 140 Å². The standard InChI is InChI=1S/C20H33NO2/c1-19-11-10-17-15(16(19)8-9-18(19)21-22)7-5-13-4-6-14(23-3)12-20(13,17)2/h13-17,22H,4-12H2,1-3H3/b21-18-. The number of hydrogen-bond acceptors (Lipinski definition) is 3. The Morgan fingerprint density at radius 3 is 2.57 bits per heavy atom. The molecule has 23 heavy (non-hydrogen) atoms. The summed E-state index contributed by atoms with van der Waals surface area (Å²) in [5.41, 5.74) is 1.74. The largest absolute Gasteiger partial charge is 0.411 e. The van der Waals surface area contributed by atoms with Crippen molar-refractivity contribution in [1.29, 1.82) is 0 Å². The molecule has 0 aliphatic heterocycles. The topological polar surface area (TPSA) is 41.8 Å². The molecule has 4 rings (SSSR count). The summed E-state index contributed by atoms with van der Waals surface area (Å²) in [6, 6.07) is 0. The molecular formula is C20H33NO2. The van der Waals surface area contributed by atoms with Gasteiger partial charge in [-0.3, -0.25) is 0 Å². The zero-order chi connectivity index (χ0) is 16.2. The third-order valence-electron chi connectivity index (χ3n) is 8.76. The summed E-state index contributed by atoms with van der Waals surface area (Å²) in [7, 11) is 1.90. The van der Waals surface area contributed by atoms with Gasteiger partial charge in [0.25, 0.3) is 0 Å². The lowest BCUT2D eigenvalue weighted by Gasteiger charge is -2.60. The monoisotopic (exact) mass is 319 g/mol. The molecule has 1 N–H and O–H groups in total. The minimum absolute atomic E-state index is 0.175. The van der Waals surface area contributed by atoms with Crippen molar-refractivity contribution in [3.8, 4) is 0 Å². The van der Waals surface area contributed by atoms with Gasteiger partial charge in [-0.15, -0.1) is 0 Å². The van der Waals surface area contributed by atoms with Gasteiger partial charge >= 0.3 is 0 Å². The van der Waals surface area contributed by atoms with E-state index >= 15 is 0 Å². The van der Waals surface area contributed by atoms with E-state index in [0.29, 0.717) is 11.5 Å². The predicted octanol–water partition coefficient (Wildman–Crippen LogP) is 4.87. The van der Waals surface area contributed by atoms with E-state index in [0.717, 1.165) is 35.8 Å². The van der Waals surface area contributed by atoms with Gasteiger partial charge in [0.2, 0.25) is 0 Å². The van der Waals surface area contributed by atoms with Crippen LogP contribution in [-0.2, 0) is 4.74 Å². The number of oxime groups is 1. The summed E-state index contributed by atoms with van der Waals surface area (Å²) in [4.78, 5) is 0. The van der Waals surface area contributed by atoms with E-state index in [-0.39, 0.29) is 5.41 Å². The lowest BCUT2D eigenvalue weighted by Crippen LogP contribution is -2.54. The molecular weight excluding hydrogens is 286 g/mol. The lowest BCUT2D eigenvalue weighted by molar-refractivity contribution is -0.124. The minimum atomic E-state index is 0.175. The van der Waals surface area contributed by atoms with Crippen molar-refractivity contribution < 1.29 is 9.94 Å². The highest BCUT2D eigenvalue weighted by molar-refractivity contribution is 5.91. The Kier molecular flexibility index (Phi) is 3.79. The molecule has 0 spiro atoms. The van der Waals surface area contributed by atoms with E-state index in [4.69, 9.17) is 4.74 Å². The fourth-order valence-corrected chi connectivity index (χ4v) is 7.46. The zero-order valence-electron chi connectivity index (χ0n) is 15.1. The first kappa shape index (κ1) is 15.9. The summed E-state index contributed by atoms with van der Waals surface area (Å²) in [6.45, 7) is 4.96. The number of methoxy groups -OCH3 is 1. The zero-order valence-corrected chi connectivity index (χ0v) is 15.1. The molecule has 4 aliphatic rings. The van der Waals surface area contributed by atoms with E-state index in [1.54, 1.807) is 0 Å². The van der Waals surface area contributed by atoms with Crippen molar-refractivity contribution in [2.24, 2.45) is 39.7 Å². The Morgan fingerprint density at radius 1 is 1.04 bits per heavy atom. The van der Waals surface area contributed by atoms with Gasteiger partial charge in [0.15, 0.2) is 0 Å². The number of ether oxygens (including phenoxy) is 1. The van der Waals surface area contributed by atoms with Crippen LogP contribution in [0.25, 0.3) is 0 Å². The molecule has 7 atom stereocenters. The van der Waals surface area contributed by atoms with Crippen LogP contribution < -0.4 is 0 Å². The minimum Gasteiger partial charge on any atom is -0.411 e. The van der Waals surface area contributed by atoms with Gasteiger partial charge in [0.05, 0.1) is 11.8 Å². The van der Waals surface area contributed by atoms with Gasteiger partial charge in [-0.05, 0) is 86.9 Å². The maximum atomic E-state index is 9.44. The predicted molar refractivity (Wildman–Crippen MR) is 91.7 cm³/mol. The molecule has 0 bridgehead atoms. The molecule has 130 valence electrons. The van der Waals surface area contributed by atoms with Crippen LogP contribution >= 0.6 is 0 Å². The van der Waals surface area contributed by atoms with E-state index in [9.17, 15) is 5.21 Å². The summed E-state index contributed by atoms with van der Waals surface area (Å²) in [5, 5.41) is 13.1. The van der Waals surface area contributed by atoms with Crippen molar-refractivity contribution in [2.45, 2.75) is 77.7 Å². The molecule has 3 nitrogen and oxygen atoms in total. The van der Waals surface area contributed by atoms with Crippen molar-refractivity contribution in [2.75, 3.05) is 7.11 Å². The molecule has 0 saturated heterocycles. The average Bonchev–Trinajstić information content (AvgIpc) is 2.90. The van der Waals surface area contributed by atoms with Gasteiger partial charge in [0, 0.05) is 12.5 Å². The molecule has 0 aromatic heterocycles. The Hall–Kier alpha value is -0.570. The highest BCUT2D eigenvalue weighted by atomic mass is 16.5. The summed E-state index contributed by atoms with van der Waals surface area (Å²) >= 11 is 0. The molecule has 0 heterocycles. The van der Waals surface area contributed by atoms with Crippen LogP contribution in [0.4, 0.5) is 0 Å². The van der Waals surface area contributed by atoms with Crippen LogP contribution in [0.2, 0.25) is 0 Å². The number of rotatable bonds is 1. The van der Waals surface area contributed by atoms with Gasteiger partial charge in [0.1, 0.15) is 0 Å². The molecule has 0 radical (unpaired) electrons. The van der Waals surface area contributed by atoms with Crippen LogP contribution in [0.15, 0.2) is 5.16 Å². The molecule has 4 saturated carbocycles. The summed E-state index contributed by atoms with van der Waals surface area (Å²) in [6.07, 6.45) is 12.0. The second-order valence-electron chi connectivity index (χ2n) is 9.34. The van der Waals surface area contributed by atoms with E-state index in [1.807, 2.05) is 7.11 Å². The quantitative estimate of drug-likeness (QED) is 0.553. The first-order valence-corrected chi connectivity index (χ1v) is 9.77. The second kappa shape index (κ2) is 5.47. The van der Waals surface area contributed by atoms with Crippen LogP contribution in [0.1, 0.15) is 71.6 Å². The van der Waals surface area contributed by atoms with Crippen molar-refractivity contribution in [1.82, 2.24) is 0 Å². The van der Waals surface area contributed by atoms with Crippen molar-refractivity contribution in [3.05, 3.63) is 0 Å². The SMILES string of the molecule is COC1CCC2CCC3C4CC/C(=N/O)C4(C)CCC3C2(C)C1. The summed E-state index contributed by atoms with van der Waals surface area (Å²) < 4.78 is 5.77. The van der Waals surface area contributed by atoms with Gasteiger partial charge in [-0.25, -0.2) is 0 Å². The Balaban J connectivity index is 1.63. The third kappa shape index (κ3) is 2.14. The van der Waals surface area contributed by atoms with Crippen LogP contribution in [0.3, 0.4) is 0 Å². The molecule has 3 heteroatoms. The smallest absolute Gasteiger partial charge is 0.0632 e. The van der Waals surface area contributed by atoms with Crippen molar-refractivity contribution in [3.63, 3.8) is 0 Å². The van der Waals surface area contributed by atoms with Gasteiger partial charge < -0.3 is 9.94 Å². The fraction of sp³-hybridized carbons (Fsp3) is 0.950. The first-order valence-electron chi connectivity index (χ1n) is 9.77. The highest BCUT2D eigenvalue weighted by Crippen LogP contribution is 2.65. The molecule has 0 amide bonds. The van der Waals surface area contributed by atoms with Crippen molar-refractivity contribution >= 4 is 5.71 Å². The lowest BCUT2D eigenvalue weighted by atomic mass is 9.45. The van der Waals surface area contributed by atoms with Gasteiger partial charge in [-0.1, -0.05) is 19.0 Å². The number of fused-ring (bicyclic) bond motifs is 5. The third-order valence-corrected chi connectivity index (χ3v) is 8.76. The normalized spacial score (nSPS) is 54.4. The van der Waals surface area contributed by atoms with E-state index < -0.39 is 0 Å². The average molecular weight is 319 g/mol. The van der Waals surface area contributed by atoms with Gasteiger partial charge in [-0.2, -0.15) is 0 Å². The first-order chi connectivity index (χ1) is 11.0. The molecule has 4 fully saturated rings. The summed E-state index contributed by atoms with van der Waals surface area (Å²) in [5.74, 6) is 3.35. The molecule has 0 aromatic rings. The van der Waals surface area contributed by atoms with E-state index in [1.165, 1.54) is 51.4 Å².